The van der Waals surface area contributed by atoms with Crippen LogP contribution in [0.4, 0.5) is 5.69 Å². The maximum atomic E-state index is 12.6. The van der Waals surface area contributed by atoms with Crippen molar-refractivity contribution in [2.24, 2.45) is 23.7 Å². The topological polar surface area (TPSA) is 66.4 Å². The van der Waals surface area contributed by atoms with E-state index < -0.39 is 11.9 Å². The Balaban J connectivity index is 1.80. The summed E-state index contributed by atoms with van der Waals surface area (Å²) in [6.07, 6.45) is 3.68. The Labute approximate surface area is 124 Å². The van der Waals surface area contributed by atoms with E-state index in [1.807, 2.05) is 31.2 Å². The fraction of sp³-hybridized carbons (Fsp3) is 0.529. The van der Waals surface area contributed by atoms with Crippen molar-refractivity contribution in [2.45, 2.75) is 32.6 Å². The van der Waals surface area contributed by atoms with Crippen molar-refractivity contribution >= 4 is 17.6 Å². The van der Waals surface area contributed by atoms with Crippen molar-refractivity contribution in [2.75, 3.05) is 5.32 Å². The summed E-state index contributed by atoms with van der Waals surface area (Å²) in [5.41, 5.74) is 1.90. The molecule has 1 amide bonds. The van der Waals surface area contributed by atoms with E-state index >= 15 is 0 Å². The van der Waals surface area contributed by atoms with Crippen LogP contribution in [0.5, 0.6) is 0 Å². The second-order valence-electron chi connectivity index (χ2n) is 6.22. The molecule has 2 aliphatic rings. The zero-order valence-corrected chi connectivity index (χ0v) is 12.2. The molecule has 0 saturated heterocycles. The van der Waals surface area contributed by atoms with Gasteiger partial charge in [-0.3, -0.25) is 9.59 Å². The minimum Gasteiger partial charge on any atom is -0.481 e. The fourth-order valence-corrected chi connectivity index (χ4v) is 4.19. The lowest BCUT2D eigenvalue weighted by Crippen LogP contribution is -2.38. The smallest absolute Gasteiger partial charge is 0.307 e. The highest BCUT2D eigenvalue weighted by molar-refractivity contribution is 5.96. The predicted molar refractivity (Wildman–Crippen MR) is 79.9 cm³/mol. The number of carboxylic acid groups (broad SMARTS) is 1. The summed E-state index contributed by atoms with van der Waals surface area (Å²) in [5, 5.41) is 12.4. The third-order valence-electron chi connectivity index (χ3n) is 5.16. The Hall–Kier alpha value is -1.84. The first kappa shape index (κ1) is 14.1. The highest BCUT2D eigenvalue weighted by Crippen LogP contribution is 2.52. The van der Waals surface area contributed by atoms with E-state index in [2.05, 4.69) is 5.32 Å². The van der Waals surface area contributed by atoms with Crippen molar-refractivity contribution in [3.63, 3.8) is 0 Å². The number of anilines is 1. The van der Waals surface area contributed by atoms with Gasteiger partial charge in [-0.05, 0) is 49.1 Å². The molecule has 0 aliphatic heterocycles. The van der Waals surface area contributed by atoms with Gasteiger partial charge in [0.15, 0.2) is 0 Å². The van der Waals surface area contributed by atoms with Gasteiger partial charge in [-0.25, -0.2) is 0 Å². The molecule has 2 aliphatic carbocycles. The summed E-state index contributed by atoms with van der Waals surface area (Å²) in [6.45, 7) is 2.04. The third-order valence-corrected chi connectivity index (χ3v) is 5.16. The number of carbonyl (C=O) groups is 2. The van der Waals surface area contributed by atoms with Crippen LogP contribution in [0.3, 0.4) is 0 Å². The van der Waals surface area contributed by atoms with E-state index in [-0.39, 0.29) is 23.7 Å². The molecule has 112 valence electrons. The zero-order valence-electron chi connectivity index (χ0n) is 12.2. The van der Waals surface area contributed by atoms with Crippen LogP contribution in [-0.2, 0) is 16.0 Å². The number of nitrogens with one attached hydrogen (secondary N) is 1. The van der Waals surface area contributed by atoms with Crippen LogP contribution in [0.15, 0.2) is 24.3 Å². The van der Waals surface area contributed by atoms with Gasteiger partial charge < -0.3 is 10.4 Å². The Morgan fingerprint density at radius 2 is 1.86 bits per heavy atom. The van der Waals surface area contributed by atoms with Gasteiger partial charge in [-0.1, -0.05) is 25.1 Å². The monoisotopic (exact) mass is 287 g/mol. The largest absolute Gasteiger partial charge is 0.481 e. The molecular weight excluding hydrogens is 266 g/mol. The number of aryl methyl sites for hydroxylation is 1. The summed E-state index contributed by atoms with van der Waals surface area (Å²) in [5.74, 6) is -1.38. The van der Waals surface area contributed by atoms with Crippen LogP contribution < -0.4 is 5.32 Å². The second kappa shape index (κ2) is 5.51. The Morgan fingerprint density at radius 1 is 1.19 bits per heavy atom. The van der Waals surface area contributed by atoms with E-state index in [0.717, 1.165) is 36.9 Å². The van der Waals surface area contributed by atoms with Crippen molar-refractivity contribution in [3.8, 4) is 0 Å². The molecule has 1 aromatic carbocycles. The number of aliphatic carboxylic acids is 1. The second-order valence-corrected chi connectivity index (χ2v) is 6.22. The molecule has 4 nitrogen and oxygen atoms in total. The fourth-order valence-electron chi connectivity index (χ4n) is 4.19. The van der Waals surface area contributed by atoms with Gasteiger partial charge >= 0.3 is 5.97 Å². The molecule has 4 atom stereocenters. The van der Waals surface area contributed by atoms with Crippen molar-refractivity contribution in [1.29, 1.82) is 0 Å². The highest BCUT2D eigenvalue weighted by Gasteiger charge is 2.53. The molecule has 2 fully saturated rings. The van der Waals surface area contributed by atoms with E-state index in [1.165, 1.54) is 0 Å². The minimum atomic E-state index is -0.814. The molecular formula is C17H21NO3. The molecule has 0 radical (unpaired) electrons. The lowest BCUT2D eigenvalue weighted by atomic mass is 9.78. The van der Waals surface area contributed by atoms with Gasteiger partial charge in [0.2, 0.25) is 5.91 Å². The molecule has 1 aromatic rings. The van der Waals surface area contributed by atoms with E-state index in [1.54, 1.807) is 0 Å². The summed E-state index contributed by atoms with van der Waals surface area (Å²) >= 11 is 0. The number of benzene rings is 1. The van der Waals surface area contributed by atoms with Gasteiger partial charge in [0.25, 0.3) is 0 Å². The molecule has 0 heterocycles. The molecule has 4 heteroatoms. The maximum Gasteiger partial charge on any atom is 0.307 e. The van der Waals surface area contributed by atoms with E-state index in [0.29, 0.717) is 0 Å². The molecule has 2 bridgehead atoms. The molecule has 0 unspecified atom stereocenters. The number of amides is 1. The lowest BCUT2D eigenvalue weighted by Gasteiger charge is -2.27. The standard InChI is InChI=1S/C17H21NO3/c1-2-10-5-3-4-6-13(10)18-16(19)14-11-7-8-12(9-11)15(14)17(20)21/h3-6,11-12,14-15H,2,7-9H2,1H3,(H,18,19)(H,20,21)/t11-,12-,14+,15-/m0/s1. The van der Waals surface area contributed by atoms with Crippen molar-refractivity contribution in [3.05, 3.63) is 29.8 Å². The lowest BCUT2D eigenvalue weighted by molar-refractivity contribution is -0.148. The number of para-hydroxylation sites is 1. The van der Waals surface area contributed by atoms with Crippen LogP contribution >= 0.6 is 0 Å². The number of hydrogen-bond acceptors (Lipinski definition) is 2. The zero-order chi connectivity index (χ0) is 15.0. The molecule has 0 spiro atoms. The first-order valence-corrected chi connectivity index (χ1v) is 7.73. The third kappa shape index (κ3) is 2.43. The number of rotatable bonds is 4. The summed E-state index contributed by atoms with van der Waals surface area (Å²) in [4.78, 5) is 24.1. The number of carbonyl (C=O) groups excluding carboxylic acids is 1. The maximum absolute atomic E-state index is 12.6. The molecule has 2 N–H and O–H groups in total. The quantitative estimate of drug-likeness (QED) is 0.894. The van der Waals surface area contributed by atoms with Gasteiger partial charge in [0.1, 0.15) is 0 Å². The Bertz CT molecular complexity index is 569. The number of hydrogen-bond donors (Lipinski definition) is 2. The Kier molecular flexibility index (Phi) is 3.70. The van der Waals surface area contributed by atoms with Crippen molar-refractivity contribution < 1.29 is 14.7 Å². The SMILES string of the molecule is CCc1ccccc1NC(=O)[C@@H]1[C@H]2CC[C@@H](C2)[C@@H]1C(=O)O. The van der Waals surface area contributed by atoms with Gasteiger partial charge in [-0.2, -0.15) is 0 Å². The van der Waals surface area contributed by atoms with Crippen molar-refractivity contribution in [1.82, 2.24) is 0 Å². The first-order chi connectivity index (χ1) is 10.1. The van der Waals surface area contributed by atoms with Crippen LogP contribution in [0, 0.1) is 23.7 Å². The van der Waals surface area contributed by atoms with E-state index in [9.17, 15) is 14.7 Å². The summed E-state index contributed by atoms with van der Waals surface area (Å²) < 4.78 is 0. The highest BCUT2D eigenvalue weighted by atomic mass is 16.4. The average molecular weight is 287 g/mol. The van der Waals surface area contributed by atoms with Gasteiger partial charge in [0.05, 0.1) is 11.8 Å². The minimum absolute atomic E-state index is 0.115. The summed E-state index contributed by atoms with van der Waals surface area (Å²) in [7, 11) is 0. The predicted octanol–water partition coefficient (Wildman–Crippen LogP) is 2.93. The summed E-state index contributed by atoms with van der Waals surface area (Å²) in [6, 6.07) is 7.72. The first-order valence-electron chi connectivity index (χ1n) is 7.73. The van der Waals surface area contributed by atoms with E-state index in [4.69, 9.17) is 0 Å². The average Bonchev–Trinajstić information content (AvgIpc) is 3.08. The molecule has 21 heavy (non-hydrogen) atoms. The molecule has 3 rings (SSSR count). The number of carboxylic acids is 1. The molecule has 2 saturated carbocycles. The number of fused-ring (bicyclic) bond motifs is 2. The van der Waals surface area contributed by atoms with Crippen LogP contribution in [0.25, 0.3) is 0 Å². The Morgan fingerprint density at radius 3 is 2.52 bits per heavy atom. The van der Waals surface area contributed by atoms with Gasteiger partial charge in [0, 0.05) is 5.69 Å². The molecule has 0 aromatic heterocycles. The normalized spacial score (nSPS) is 30.3. The van der Waals surface area contributed by atoms with Gasteiger partial charge in [-0.15, -0.1) is 0 Å². The van der Waals surface area contributed by atoms with Crippen LogP contribution in [-0.4, -0.2) is 17.0 Å². The van der Waals surface area contributed by atoms with Crippen LogP contribution in [0.1, 0.15) is 31.7 Å². The van der Waals surface area contributed by atoms with Crippen LogP contribution in [0.2, 0.25) is 0 Å².